The van der Waals surface area contributed by atoms with Crippen LogP contribution in [0.1, 0.15) is 47.7 Å². The van der Waals surface area contributed by atoms with Crippen molar-refractivity contribution in [3.05, 3.63) is 45.0 Å². The lowest BCUT2D eigenvalue weighted by molar-refractivity contribution is -0.385. The summed E-state index contributed by atoms with van der Waals surface area (Å²) in [5.74, 6) is 0. The molecular weight excluding hydrogens is 266 g/mol. The molecule has 0 unspecified atom stereocenters. The number of carbonyl (C=O) groups is 1. The Bertz CT molecular complexity index is 524. The molecule has 0 radical (unpaired) electrons. The van der Waals surface area contributed by atoms with Crippen LogP contribution in [0.4, 0.5) is 5.69 Å². The standard InChI is InChI=1S/C14H16ClNO3/c1-3-4-5-6-7-11-8-10(2)12(14(15)17)9-13(11)16(18)19/h6-9H,3-5H2,1-2H3. The maximum atomic E-state index is 11.2. The molecule has 4 nitrogen and oxygen atoms in total. The number of nitro benzene ring substituents is 1. The van der Waals surface area contributed by atoms with Crippen LogP contribution in [0.2, 0.25) is 0 Å². The average molecular weight is 282 g/mol. The molecule has 0 spiro atoms. The lowest BCUT2D eigenvalue weighted by Gasteiger charge is -2.04. The second-order valence-electron chi connectivity index (χ2n) is 4.30. The normalized spacial score (nSPS) is 10.9. The molecule has 0 heterocycles. The highest BCUT2D eigenvalue weighted by molar-refractivity contribution is 6.68. The number of rotatable bonds is 6. The monoisotopic (exact) mass is 281 g/mol. The molecule has 0 saturated carbocycles. The van der Waals surface area contributed by atoms with Crippen LogP contribution in [-0.4, -0.2) is 10.2 Å². The van der Waals surface area contributed by atoms with Crippen LogP contribution in [0.3, 0.4) is 0 Å². The highest BCUT2D eigenvalue weighted by Gasteiger charge is 2.17. The molecule has 0 amide bonds. The summed E-state index contributed by atoms with van der Waals surface area (Å²) in [4.78, 5) is 21.7. The first-order valence-electron chi connectivity index (χ1n) is 6.12. The predicted octanol–water partition coefficient (Wildman–Crippen LogP) is 4.49. The molecule has 0 fully saturated rings. The van der Waals surface area contributed by atoms with E-state index in [1.54, 1.807) is 19.1 Å². The molecule has 0 saturated heterocycles. The van der Waals surface area contributed by atoms with Crippen LogP contribution in [0, 0.1) is 17.0 Å². The first-order valence-corrected chi connectivity index (χ1v) is 6.50. The number of allylic oxidation sites excluding steroid dienone is 1. The number of hydrogen-bond donors (Lipinski definition) is 0. The van der Waals surface area contributed by atoms with Gasteiger partial charge in [-0.2, -0.15) is 0 Å². The van der Waals surface area contributed by atoms with Gasteiger partial charge in [-0.25, -0.2) is 0 Å². The zero-order valence-electron chi connectivity index (χ0n) is 11.0. The maximum Gasteiger partial charge on any atom is 0.277 e. The van der Waals surface area contributed by atoms with Gasteiger partial charge in [0.25, 0.3) is 10.9 Å². The van der Waals surface area contributed by atoms with Crippen molar-refractivity contribution in [3.63, 3.8) is 0 Å². The van der Waals surface area contributed by atoms with E-state index in [4.69, 9.17) is 11.6 Å². The highest BCUT2D eigenvalue weighted by Crippen LogP contribution is 2.26. The van der Waals surface area contributed by atoms with Crippen LogP contribution in [0.25, 0.3) is 6.08 Å². The Balaban J connectivity index is 3.16. The highest BCUT2D eigenvalue weighted by atomic mass is 35.5. The third-order valence-corrected chi connectivity index (χ3v) is 3.01. The van der Waals surface area contributed by atoms with Gasteiger partial charge >= 0.3 is 0 Å². The minimum Gasteiger partial charge on any atom is -0.276 e. The molecule has 0 aliphatic rings. The van der Waals surface area contributed by atoms with Gasteiger partial charge in [-0.15, -0.1) is 0 Å². The number of carbonyl (C=O) groups excluding carboxylic acids is 1. The largest absolute Gasteiger partial charge is 0.277 e. The Morgan fingerprint density at radius 3 is 2.68 bits per heavy atom. The van der Waals surface area contributed by atoms with Gasteiger partial charge in [-0.3, -0.25) is 14.9 Å². The number of nitrogens with zero attached hydrogens (tertiary/aromatic N) is 1. The van der Waals surface area contributed by atoms with Crippen molar-refractivity contribution < 1.29 is 9.72 Å². The van der Waals surface area contributed by atoms with Gasteiger partial charge in [-0.1, -0.05) is 31.9 Å². The fraction of sp³-hybridized carbons (Fsp3) is 0.357. The van der Waals surface area contributed by atoms with E-state index >= 15 is 0 Å². The van der Waals surface area contributed by atoms with Gasteiger partial charge in [0.15, 0.2) is 0 Å². The smallest absolute Gasteiger partial charge is 0.276 e. The van der Waals surface area contributed by atoms with Gasteiger partial charge in [0.05, 0.1) is 10.5 Å². The van der Waals surface area contributed by atoms with E-state index in [9.17, 15) is 14.9 Å². The van der Waals surface area contributed by atoms with Crippen LogP contribution < -0.4 is 0 Å². The Labute approximate surface area is 117 Å². The second-order valence-corrected chi connectivity index (χ2v) is 4.64. The Kier molecular flexibility index (Phi) is 5.70. The van der Waals surface area contributed by atoms with E-state index in [0.29, 0.717) is 11.1 Å². The van der Waals surface area contributed by atoms with E-state index in [1.165, 1.54) is 6.07 Å². The number of hydrogen-bond acceptors (Lipinski definition) is 3. The molecule has 0 atom stereocenters. The van der Waals surface area contributed by atoms with Crippen molar-refractivity contribution in [2.75, 3.05) is 0 Å². The number of aryl methyl sites for hydroxylation is 1. The number of unbranched alkanes of at least 4 members (excludes halogenated alkanes) is 2. The summed E-state index contributed by atoms with van der Waals surface area (Å²) < 4.78 is 0. The fourth-order valence-electron chi connectivity index (χ4n) is 1.75. The lowest BCUT2D eigenvalue weighted by atomic mass is 10.0. The molecule has 0 aliphatic carbocycles. The van der Waals surface area contributed by atoms with E-state index in [2.05, 4.69) is 6.92 Å². The SMILES string of the molecule is CCCCC=Cc1cc(C)c(C(=O)Cl)cc1[N+](=O)[O-]. The van der Waals surface area contributed by atoms with Crippen LogP contribution >= 0.6 is 11.6 Å². The van der Waals surface area contributed by atoms with E-state index in [0.717, 1.165) is 19.3 Å². The number of nitro groups is 1. The zero-order chi connectivity index (χ0) is 14.4. The number of benzene rings is 1. The summed E-state index contributed by atoms with van der Waals surface area (Å²) in [6, 6.07) is 2.86. The molecule has 1 aromatic rings. The lowest BCUT2D eigenvalue weighted by Crippen LogP contribution is -1.99. The zero-order valence-corrected chi connectivity index (χ0v) is 11.7. The average Bonchev–Trinajstić information content (AvgIpc) is 2.33. The van der Waals surface area contributed by atoms with Gasteiger partial charge in [0.1, 0.15) is 0 Å². The second kappa shape index (κ2) is 7.04. The van der Waals surface area contributed by atoms with Gasteiger partial charge < -0.3 is 0 Å². The minimum absolute atomic E-state index is 0.0950. The summed E-state index contributed by atoms with van der Waals surface area (Å²) in [5, 5.41) is 10.3. The fourth-order valence-corrected chi connectivity index (χ4v) is 1.96. The molecule has 0 aliphatic heterocycles. The van der Waals surface area contributed by atoms with Crippen molar-refractivity contribution in [2.45, 2.75) is 33.1 Å². The van der Waals surface area contributed by atoms with Gasteiger partial charge in [0, 0.05) is 11.6 Å². The van der Waals surface area contributed by atoms with Crippen LogP contribution in [-0.2, 0) is 0 Å². The Hall–Kier alpha value is -1.68. The van der Waals surface area contributed by atoms with E-state index in [-0.39, 0.29) is 11.3 Å². The summed E-state index contributed by atoms with van der Waals surface area (Å²) in [7, 11) is 0. The van der Waals surface area contributed by atoms with Crippen LogP contribution in [0.5, 0.6) is 0 Å². The summed E-state index contributed by atoms with van der Waals surface area (Å²) in [6.45, 7) is 3.80. The van der Waals surface area contributed by atoms with Gasteiger partial charge in [-0.05, 0) is 36.6 Å². The molecule has 1 aromatic carbocycles. The van der Waals surface area contributed by atoms with Crippen molar-refractivity contribution in [1.29, 1.82) is 0 Å². The maximum absolute atomic E-state index is 11.2. The molecule has 0 N–H and O–H groups in total. The molecule has 0 aromatic heterocycles. The molecular formula is C14H16ClNO3. The van der Waals surface area contributed by atoms with E-state index < -0.39 is 10.2 Å². The molecule has 0 bridgehead atoms. The molecule has 5 heteroatoms. The Morgan fingerprint density at radius 1 is 1.47 bits per heavy atom. The van der Waals surface area contributed by atoms with Crippen molar-refractivity contribution in [2.24, 2.45) is 0 Å². The first-order chi connectivity index (χ1) is 8.97. The van der Waals surface area contributed by atoms with Gasteiger partial charge in [0.2, 0.25) is 0 Å². The summed E-state index contributed by atoms with van der Waals surface area (Å²) >= 11 is 5.40. The molecule has 19 heavy (non-hydrogen) atoms. The minimum atomic E-state index is -0.679. The van der Waals surface area contributed by atoms with E-state index in [1.807, 2.05) is 6.08 Å². The first kappa shape index (κ1) is 15.4. The van der Waals surface area contributed by atoms with Crippen molar-refractivity contribution in [1.82, 2.24) is 0 Å². The topological polar surface area (TPSA) is 60.2 Å². The quantitative estimate of drug-likeness (QED) is 0.334. The third-order valence-electron chi connectivity index (χ3n) is 2.80. The van der Waals surface area contributed by atoms with Crippen LogP contribution in [0.15, 0.2) is 18.2 Å². The predicted molar refractivity (Wildman–Crippen MR) is 76.6 cm³/mol. The Morgan fingerprint density at radius 2 is 2.16 bits per heavy atom. The van der Waals surface area contributed by atoms with Crippen molar-refractivity contribution in [3.8, 4) is 0 Å². The third kappa shape index (κ3) is 4.17. The summed E-state index contributed by atoms with van der Waals surface area (Å²) in [5.41, 5.74) is 1.22. The molecule has 1 rings (SSSR count). The summed E-state index contributed by atoms with van der Waals surface area (Å²) in [6.07, 6.45) is 6.63. The van der Waals surface area contributed by atoms with Crippen molar-refractivity contribution >= 4 is 28.6 Å². The molecule has 102 valence electrons. The number of halogens is 1.